The number of H-pyrrole nitrogens is 1. The van der Waals surface area contributed by atoms with Gasteiger partial charge in [-0.3, -0.25) is 5.10 Å². The number of ether oxygens (including phenoxy) is 3. The number of carbonyl (C=O) groups is 2. The molecule has 214 valence electrons. The number of alkyl carbamates (subject to hydrolysis) is 1. The molecular weight excluding hydrogens is 519 g/mol. The maximum atomic E-state index is 13.4. The third-order valence-corrected chi connectivity index (χ3v) is 6.48. The average molecular weight is 554 g/mol. The van der Waals surface area contributed by atoms with E-state index in [0.717, 1.165) is 11.3 Å². The number of halogens is 3. The van der Waals surface area contributed by atoms with E-state index in [4.69, 9.17) is 9.47 Å². The normalized spacial score (nSPS) is 20.5. The maximum Gasteiger partial charge on any atom is 0.573 e. The van der Waals surface area contributed by atoms with Crippen molar-refractivity contribution >= 4 is 12.1 Å². The zero-order chi connectivity index (χ0) is 28.2. The Morgan fingerprint density at radius 1 is 1.08 bits per heavy atom. The minimum absolute atomic E-state index is 0.104. The van der Waals surface area contributed by atoms with E-state index in [9.17, 15) is 22.8 Å². The summed E-state index contributed by atoms with van der Waals surface area (Å²) in [5, 5.41) is 10.1. The van der Waals surface area contributed by atoms with Crippen molar-refractivity contribution in [2.24, 2.45) is 0 Å². The van der Waals surface area contributed by atoms with E-state index >= 15 is 0 Å². The van der Waals surface area contributed by atoms with Gasteiger partial charge in [-0.25, -0.2) is 9.59 Å². The highest BCUT2D eigenvalue weighted by molar-refractivity contribution is 5.75. The molecule has 0 aliphatic carbocycles. The van der Waals surface area contributed by atoms with Crippen LogP contribution in [0, 0.1) is 0 Å². The second kappa shape index (κ2) is 11.7. The number of aromatic amines is 1. The van der Waals surface area contributed by atoms with Gasteiger partial charge in [0.25, 0.3) is 0 Å². The second-order valence-electron chi connectivity index (χ2n) is 10.7. The Balaban J connectivity index is 1.49. The highest BCUT2D eigenvalue weighted by atomic mass is 19.4. The van der Waals surface area contributed by atoms with Gasteiger partial charge in [0.05, 0.1) is 31.1 Å². The number of nitrogens with zero attached hydrogens (tertiary/aromatic N) is 3. The molecule has 10 nitrogen and oxygen atoms in total. The molecule has 2 atom stereocenters. The van der Waals surface area contributed by atoms with Crippen LogP contribution in [0.2, 0.25) is 0 Å². The van der Waals surface area contributed by atoms with Crippen LogP contribution in [0.3, 0.4) is 0 Å². The van der Waals surface area contributed by atoms with Gasteiger partial charge in [0.2, 0.25) is 0 Å². The van der Waals surface area contributed by atoms with Gasteiger partial charge in [0, 0.05) is 38.0 Å². The third-order valence-electron chi connectivity index (χ3n) is 6.48. The zero-order valence-corrected chi connectivity index (χ0v) is 22.2. The number of morpholine rings is 1. The van der Waals surface area contributed by atoms with Crippen molar-refractivity contribution in [3.05, 3.63) is 47.3 Å². The Bertz CT molecular complexity index is 1130. The molecule has 0 bridgehead atoms. The van der Waals surface area contributed by atoms with E-state index in [1.807, 2.05) is 6.07 Å². The summed E-state index contributed by atoms with van der Waals surface area (Å²) in [4.78, 5) is 28.9. The number of aromatic nitrogens is 2. The number of piperidine rings is 1. The van der Waals surface area contributed by atoms with Gasteiger partial charge in [0.15, 0.2) is 0 Å². The summed E-state index contributed by atoms with van der Waals surface area (Å²) in [6.07, 6.45) is -4.68. The Morgan fingerprint density at radius 2 is 1.74 bits per heavy atom. The molecule has 2 saturated heterocycles. The van der Waals surface area contributed by atoms with Crippen LogP contribution in [0.15, 0.2) is 30.3 Å². The molecule has 2 aliphatic rings. The minimum Gasteiger partial charge on any atom is -0.444 e. The topological polar surface area (TPSA) is 109 Å². The van der Waals surface area contributed by atoms with Crippen molar-refractivity contribution in [1.29, 1.82) is 0 Å². The lowest BCUT2D eigenvalue weighted by Crippen LogP contribution is -2.52. The van der Waals surface area contributed by atoms with Crippen molar-refractivity contribution in [3.63, 3.8) is 0 Å². The number of nitrogens with one attached hydrogen (secondary N) is 2. The first-order valence-corrected chi connectivity index (χ1v) is 12.8. The minimum atomic E-state index is -4.77. The summed E-state index contributed by atoms with van der Waals surface area (Å²) in [5.74, 6) is -0.561. The molecule has 3 amide bonds. The fourth-order valence-corrected chi connectivity index (χ4v) is 4.77. The highest BCUT2D eigenvalue weighted by Gasteiger charge is 2.36. The number of likely N-dealkylation sites (tertiary alicyclic amines) is 1. The van der Waals surface area contributed by atoms with E-state index in [1.54, 1.807) is 42.7 Å². The molecule has 1 aromatic carbocycles. The van der Waals surface area contributed by atoms with Gasteiger partial charge in [-0.1, -0.05) is 12.1 Å². The van der Waals surface area contributed by atoms with E-state index in [0.29, 0.717) is 51.5 Å². The average Bonchev–Trinajstić information content (AvgIpc) is 3.35. The first-order chi connectivity index (χ1) is 18.4. The predicted molar refractivity (Wildman–Crippen MR) is 134 cm³/mol. The predicted octanol–water partition coefficient (Wildman–Crippen LogP) is 4.36. The molecule has 39 heavy (non-hydrogen) atoms. The fourth-order valence-electron chi connectivity index (χ4n) is 4.77. The molecular formula is C26H34F3N5O5. The standard InChI is InChI=1S/C26H34F3N5O5/c1-25(2,3)39-23(35)30-14-20-13-22(32-31-20)19-12-18(17-4-6-21(7-5-17)38-26(27,28)29)15-34(16-19)24(36)33-8-10-37-11-9-33/h4-7,13,18-19H,8-12,14-16H2,1-3H3,(H,30,35)(H,31,32). The number of hydrogen-bond acceptors (Lipinski definition) is 6. The second-order valence-corrected chi connectivity index (χ2v) is 10.7. The summed E-state index contributed by atoms with van der Waals surface area (Å²) >= 11 is 0. The zero-order valence-electron chi connectivity index (χ0n) is 22.2. The van der Waals surface area contributed by atoms with Crippen LogP contribution in [0.25, 0.3) is 0 Å². The van der Waals surface area contributed by atoms with Gasteiger partial charge in [-0.15, -0.1) is 13.2 Å². The first kappa shape index (κ1) is 28.5. The van der Waals surface area contributed by atoms with Gasteiger partial charge < -0.3 is 29.3 Å². The van der Waals surface area contributed by atoms with E-state index in [-0.39, 0.29) is 30.2 Å². The van der Waals surface area contributed by atoms with Crippen LogP contribution in [0.4, 0.5) is 22.8 Å². The molecule has 0 saturated carbocycles. The van der Waals surface area contributed by atoms with Crippen LogP contribution < -0.4 is 10.1 Å². The molecule has 4 rings (SSSR count). The number of rotatable bonds is 5. The Kier molecular flexibility index (Phi) is 8.57. The van der Waals surface area contributed by atoms with Crippen LogP contribution in [0.1, 0.15) is 56.0 Å². The molecule has 0 spiro atoms. The maximum absolute atomic E-state index is 13.4. The van der Waals surface area contributed by atoms with E-state index < -0.39 is 18.1 Å². The highest BCUT2D eigenvalue weighted by Crippen LogP contribution is 2.37. The van der Waals surface area contributed by atoms with E-state index in [2.05, 4.69) is 20.3 Å². The van der Waals surface area contributed by atoms with Crippen molar-refractivity contribution in [1.82, 2.24) is 25.3 Å². The van der Waals surface area contributed by atoms with Crippen LogP contribution in [-0.2, 0) is 16.0 Å². The number of hydrogen-bond donors (Lipinski definition) is 2. The number of urea groups is 1. The quantitative estimate of drug-likeness (QED) is 0.570. The van der Waals surface area contributed by atoms with Gasteiger partial charge in [0.1, 0.15) is 11.4 Å². The Labute approximate surface area is 224 Å². The summed E-state index contributed by atoms with van der Waals surface area (Å²) in [6, 6.07) is 7.53. The van der Waals surface area contributed by atoms with Crippen LogP contribution >= 0.6 is 0 Å². The SMILES string of the molecule is CC(C)(C)OC(=O)NCc1cc(C2CC(c3ccc(OC(F)(F)F)cc3)CN(C(=O)N3CCOCC3)C2)n[nH]1. The summed E-state index contributed by atoms with van der Waals surface area (Å²) in [7, 11) is 0. The molecule has 2 fully saturated rings. The third kappa shape index (κ3) is 8.25. The number of amides is 3. The molecule has 2 aliphatic heterocycles. The Morgan fingerprint density at radius 3 is 2.38 bits per heavy atom. The molecule has 2 aromatic rings. The van der Waals surface area contributed by atoms with Crippen molar-refractivity contribution < 1.29 is 37.0 Å². The molecule has 0 radical (unpaired) electrons. The number of carbonyl (C=O) groups excluding carboxylic acids is 2. The van der Waals surface area contributed by atoms with Crippen LogP contribution in [0.5, 0.6) is 5.75 Å². The smallest absolute Gasteiger partial charge is 0.444 e. The molecule has 2 N–H and O–H groups in total. The summed E-state index contributed by atoms with van der Waals surface area (Å²) in [5.41, 5.74) is 1.60. The lowest BCUT2D eigenvalue weighted by molar-refractivity contribution is -0.274. The summed E-state index contributed by atoms with van der Waals surface area (Å²) < 4.78 is 52.5. The number of benzene rings is 1. The molecule has 3 heterocycles. The van der Waals surface area contributed by atoms with Crippen LogP contribution in [-0.4, -0.2) is 83.5 Å². The monoisotopic (exact) mass is 553 g/mol. The first-order valence-electron chi connectivity index (χ1n) is 12.8. The molecule has 1 aromatic heterocycles. The summed E-state index contributed by atoms with van der Waals surface area (Å²) in [6.45, 7) is 8.32. The van der Waals surface area contributed by atoms with Gasteiger partial charge >= 0.3 is 18.5 Å². The fraction of sp³-hybridized carbons (Fsp3) is 0.577. The van der Waals surface area contributed by atoms with Crippen molar-refractivity contribution in [3.8, 4) is 5.75 Å². The largest absolute Gasteiger partial charge is 0.573 e. The van der Waals surface area contributed by atoms with Gasteiger partial charge in [-0.2, -0.15) is 5.10 Å². The van der Waals surface area contributed by atoms with Crippen molar-refractivity contribution in [2.75, 3.05) is 39.4 Å². The number of alkyl halides is 3. The lowest BCUT2D eigenvalue weighted by atomic mass is 9.83. The molecule has 13 heteroatoms. The Hall–Kier alpha value is -3.48. The van der Waals surface area contributed by atoms with E-state index in [1.165, 1.54) is 12.1 Å². The lowest BCUT2D eigenvalue weighted by Gasteiger charge is -2.40. The van der Waals surface area contributed by atoms with Crippen molar-refractivity contribution in [2.45, 2.75) is 57.5 Å². The molecule has 2 unspecified atom stereocenters. The van der Waals surface area contributed by atoms with Gasteiger partial charge in [-0.05, 0) is 51.0 Å².